The average Bonchev–Trinajstić information content (AvgIpc) is 3.48. The Labute approximate surface area is 170 Å². The number of carbonyl (C=O) groups is 1. The molecule has 0 saturated heterocycles. The summed E-state index contributed by atoms with van der Waals surface area (Å²) in [5, 5.41) is 5.68. The molecule has 0 radical (unpaired) electrons. The number of hydrogen-bond acceptors (Lipinski definition) is 5. The third-order valence-electron chi connectivity index (χ3n) is 4.83. The van der Waals surface area contributed by atoms with Crippen LogP contribution in [0, 0.1) is 17.7 Å². The molecule has 1 aromatic carbocycles. The number of carbonyl (C=O) groups excluding carboxylic acids is 1. The van der Waals surface area contributed by atoms with Crippen LogP contribution in [0.3, 0.4) is 0 Å². The van der Waals surface area contributed by atoms with E-state index in [-0.39, 0.29) is 28.8 Å². The molecule has 1 fully saturated rings. The van der Waals surface area contributed by atoms with Gasteiger partial charge in [0.1, 0.15) is 17.4 Å². The summed E-state index contributed by atoms with van der Waals surface area (Å²) in [6, 6.07) is 11.0. The van der Waals surface area contributed by atoms with Crippen molar-refractivity contribution in [2.45, 2.75) is 18.4 Å². The molecule has 1 aliphatic rings. The van der Waals surface area contributed by atoms with Crippen LogP contribution in [0.15, 0.2) is 48.5 Å². The number of pyridine rings is 2. The van der Waals surface area contributed by atoms with Gasteiger partial charge in [0.05, 0.1) is 12.6 Å². The number of aromatic nitrogens is 2. The number of ether oxygens (including phenoxy) is 1. The van der Waals surface area contributed by atoms with Gasteiger partial charge in [0.15, 0.2) is 5.69 Å². The Morgan fingerprint density at radius 1 is 1.00 bits per heavy atom. The summed E-state index contributed by atoms with van der Waals surface area (Å²) < 4.78 is 45.1. The van der Waals surface area contributed by atoms with Crippen LogP contribution in [0.25, 0.3) is 0 Å². The standard InChI is InChI=1S/C21H17F3N4O2/c1-30-15-6-7-18(25-14-10-16(23)26-17(24)11-14)27-19(15)20(29)28-21(8-9-21)12-2-4-13(22)5-3-12/h2-7,10-11H,8-9H2,1H3,(H,28,29)(H,25,26,27). The molecular formula is C21H17F3N4O2. The maximum Gasteiger partial charge on any atom is 0.274 e. The second kappa shape index (κ2) is 7.66. The van der Waals surface area contributed by atoms with Crippen LogP contribution in [0.4, 0.5) is 24.7 Å². The number of amides is 1. The van der Waals surface area contributed by atoms with Crippen LogP contribution in [-0.2, 0) is 5.54 Å². The minimum absolute atomic E-state index is 0.00545. The van der Waals surface area contributed by atoms with E-state index in [0.717, 1.165) is 17.7 Å². The van der Waals surface area contributed by atoms with Gasteiger partial charge in [-0.25, -0.2) is 9.37 Å². The van der Waals surface area contributed by atoms with E-state index < -0.39 is 23.3 Å². The number of nitrogens with one attached hydrogen (secondary N) is 2. The minimum Gasteiger partial charge on any atom is -0.494 e. The predicted octanol–water partition coefficient (Wildman–Crippen LogP) is 4.07. The number of hydrogen-bond donors (Lipinski definition) is 2. The molecule has 6 nitrogen and oxygen atoms in total. The molecule has 0 atom stereocenters. The topological polar surface area (TPSA) is 76.1 Å². The molecule has 1 amide bonds. The van der Waals surface area contributed by atoms with E-state index in [9.17, 15) is 18.0 Å². The zero-order chi connectivity index (χ0) is 21.3. The first-order valence-corrected chi connectivity index (χ1v) is 9.12. The van der Waals surface area contributed by atoms with Gasteiger partial charge in [-0.3, -0.25) is 4.79 Å². The van der Waals surface area contributed by atoms with Crippen molar-refractivity contribution >= 4 is 17.4 Å². The van der Waals surface area contributed by atoms with Crippen molar-refractivity contribution in [3.8, 4) is 5.75 Å². The Hall–Kier alpha value is -3.62. The molecule has 0 aliphatic heterocycles. The lowest BCUT2D eigenvalue weighted by Crippen LogP contribution is -2.35. The van der Waals surface area contributed by atoms with Crippen LogP contribution in [0.2, 0.25) is 0 Å². The summed E-state index contributed by atoms with van der Waals surface area (Å²) in [7, 11) is 1.40. The molecular weight excluding hydrogens is 397 g/mol. The quantitative estimate of drug-likeness (QED) is 0.595. The van der Waals surface area contributed by atoms with Gasteiger partial charge >= 0.3 is 0 Å². The van der Waals surface area contributed by atoms with Crippen molar-refractivity contribution in [2.24, 2.45) is 0 Å². The van der Waals surface area contributed by atoms with Gasteiger partial charge in [-0.05, 0) is 42.7 Å². The molecule has 154 valence electrons. The van der Waals surface area contributed by atoms with Gasteiger partial charge in [-0.15, -0.1) is 0 Å². The number of benzene rings is 1. The fourth-order valence-corrected chi connectivity index (χ4v) is 3.18. The Balaban J connectivity index is 1.58. The first kappa shape index (κ1) is 19.7. The first-order valence-electron chi connectivity index (χ1n) is 9.12. The molecule has 0 spiro atoms. The number of anilines is 2. The molecule has 2 N–H and O–H groups in total. The van der Waals surface area contributed by atoms with Crippen molar-refractivity contribution in [3.63, 3.8) is 0 Å². The van der Waals surface area contributed by atoms with Gasteiger partial charge < -0.3 is 15.4 Å². The fraction of sp³-hybridized carbons (Fsp3) is 0.190. The zero-order valence-corrected chi connectivity index (χ0v) is 15.9. The second-order valence-corrected chi connectivity index (χ2v) is 6.92. The van der Waals surface area contributed by atoms with Crippen LogP contribution in [0.5, 0.6) is 5.75 Å². The lowest BCUT2D eigenvalue weighted by atomic mass is 10.0. The van der Waals surface area contributed by atoms with E-state index in [1.807, 2.05) is 0 Å². The van der Waals surface area contributed by atoms with Crippen molar-refractivity contribution in [1.29, 1.82) is 0 Å². The summed E-state index contributed by atoms with van der Waals surface area (Å²) in [6.07, 6.45) is 1.42. The SMILES string of the molecule is COc1ccc(Nc2cc(F)nc(F)c2)nc1C(=O)NC1(c2ccc(F)cc2)CC1. The number of nitrogens with zero attached hydrogens (tertiary/aromatic N) is 2. The third-order valence-corrected chi connectivity index (χ3v) is 4.83. The van der Waals surface area contributed by atoms with E-state index in [4.69, 9.17) is 4.74 Å². The van der Waals surface area contributed by atoms with Crippen LogP contribution in [-0.4, -0.2) is 23.0 Å². The highest BCUT2D eigenvalue weighted by Gasteiger charge is 2.46. The van der Waals surface area contributed by atoms with E-state index in [0.29, 0.717) is 12.8 Å². The number of halogens is 3. The van der Waals surface area contributed by atoms with Crippen LogP contribution in [0.1, 0.15) is 28.9 Å². The largest absolute Gasteiger partial charge is 0.494 e. The molecule has 2 heterocycles. The lowest BCUT2D eigenvalue weighted by molar-refractivity contribution is 0.0922. The predicted molar refractivity (Wildman–Crippen MR) is 103 cm³/mol. The van der Waals surface area contributed by atoms with Gasteiger partial charge in [-0.2, -0.15) is 13.8 Å². The van der Waals surface area contributed by atoms with Gasteiger partial charge in [0.2, 0.25) is 11.9 Å². The number of rotatable bonds is 6. The van der Waals surface area contributed by atoms with Gasteiger partial charge in [0, 0.05) is 17.8 Å². The van der Waals surface area contributed by atoms with Crippen LogP contribution >= 0.6 is 0 Å². The maximum absolute atomic E-state index is 13.3. The second-order valence-electron chi connectivity index (χ2n) is 6.92. The molecule has 3 aromatic rings. The monoisotopic (exact) mass is 414 g/mol. The molecule has 30 heavy (non-hydrogen) atoms. The lowest BCUT2D eigenvalue weighted by Gasteiger charge is -2.19. The summed E-state index contributed by atoms with van der Waals surface area (Å²) >= 11 is 0. The van der Waals surface area contributed by atoms with E-state index in [2.05, 4.69) is 20.6 Å². The Bertz CT molecular complexity index is 1080. The summed E-state index contributed by atoms with van der Waals surface area (Å²) in [4.78, 5) is 20.2. The molecule has 4 rings (SSSR count). The van der Waals surface area contributed by atoms with Crippen molar-refractivity contribution in [3.05, 3.63) is 77.5 Å². The maximum atomic E-state index is 13.3. The molecule has 0 bridgehead atoms. The minimum atomic E-state index is -0.987. The highest BCUT2D eigenvalue weighted by Crippen LogP contribution is 2.45. The number of methoxy groups -OCH3 is 1. The van der Waals surface area contributed by atoms with E-state index >= 15 is 0 Å². The Kier molecular flexibility index (Phi) is 5.03. The van der Waals surface area contributed by atoms with Gasteiger partial charge in [-0.1, -0.05) is 12.1 Å². The van der Waals surface area contributed by atoms with Crippen molar-refractivity contribution in [2.75, 3.05) is 12.4 Å². The molecule has 9 heteroatoms. The fourth-order valence-electron chi connectivity index (χ4n) is 3.18. The Morgan fingerprint density at radius 2 is 1.67 bits per heavy atom. The average molecular weight is 414 g/mol. The summed E-state index contributed by atoms with van der Waals surface area (Å²) in [5.41, 5.74) is 0.311. The third kappa shape index (κ3) is 4.05. The highest BCUT2D eigenvalue weighted by atomic mass is 19.1. The highest BCUT2D eigenvalue weighted by molar-refractivity contribution is 5.96. The van der Waals surface area contributed by atoms with Crippen LogP contribution < -0.4 is 15.4 Å². The molecule has 0 unspecified atom stereocenters. The smallest absolute Gasteiger partial charge is 0.274 e. The first-order chi connectivity index (χ1) is 14.4. The normalized spacial score (nSPS) is 14.1. The zero-order valence-electron chi connectivity index (χ0n) is 15.9. The molecule has 1 aliphatic carbocycles. The molecule has 1 saturated carbocycles. The van der Waals surface area contributed by atoms with Crippen molar-refractivity contribution < 1.29 is 22.7 Å². The summed E-state index contributed by atoms with van der Waals surface area (Å²) in [5.74, 6) is -2.38. The van der Waals surface area contributed by atoms with E-state index in [1.165, 1.54) is 31.4 Å². The molecule has 2 aromatic heterocycles. The van der Waals surface area contributed by atoms with Crippen molar-refractivity contribution in [1.82, 2.24) is 15.3 Å². The Morgan fingerprint density at radius 3 is 2.27 bits per heavy atom. The van der Waals surface area contributed by atoms with E-state index in [1.54, 1.807) is 12.1 Å². The summed E-state index contributed by atoms with van der Waals surface area (Å²) in [6.45, 7) is 0. The van der Waals surface area contributed by atoms with Gasteiger partial charge in [0.25, 0.3) is 5.91 Å².